The Bertz CT molecular complexity index is 3590. The van der Waals surface area contributed by atoms with Crippen LogP contribution < -0.4 is 9.80 Å². The number of rotatable bonds is 15. The van der Waals surface area contributed by atoms with E-state index in [-0.39, 0.29) is 0 Å². The number of benzene rings is 11. The van der Waals surface area contributed by atoms with Gasteiger partial charge in [-0.3, -0.25) is 0 Å². The first-order chi connectivity index (χ1) is 36.6. The lowest BCUT2D eigenvalue weighted by atomic mass is 9.93. The molecule has 2 nitrogen and oxygen atoms in total. The molecule has 74 heavy (non-hydrogen) atoms. The molecule has 0 aliphatic rings. The van der Waals surface area contributed by atoms with E-state index in [0.29, 0.717) is 0 Å². The fourth-order valence-electron chi connectivity index (χ4n) is 9.79. The van der Waals surface area contributed by atoms with E-state index >= 15 is 0 Å². The maximum atomic E-state index is 4.06. The quantitative estimate of drug-likeness (QED) is 0.0945. The molecule has 0 bridgehead atoms. The van der Waals surface area contributed by atoms with Crippen LogP contribution in [0.1, 0.15) is 5.56 Å². The van der Waals surface area contributed by atoms with Crippen molar-refractivity contribution in [1.29, 1.82) is 0 Å². The Hall–Kier alpha value is -9.76. The SMILES string of the molecule is C=C/C=C(\C=C)c1ccc(N(c2ccc(-c3ccccc3)cc2)c2cccc(-c3cc(-c4ccccc4)cc(-c4ccc(N(c5ccc(-c6ccccc6)cc5)c5ccc(-c6ccccc6)cc5)cc4)c3)c2)cc1. The molecule has 0 N–H and O–H groups in total. The van der Waals surface area contributed by atoms with E-state index < -0.39 is 0 Å². The summed E-state index contributed by atoms with van der Waals surface area (Å²) in [6, 6.07) is 103. The summed E-state index contributed by atoms with van der Waals surface area (Å²) in [6.45, 7) is 7.98. The molecule has 0 unspecified atom stereocenters. The lowest BCUT2D eigenvalue weighted by molar-refractivity contribution is 1.28. The third kappa shape index (κ3) is 10.2. The van der Waals surface area contributed by atoms with Crippen LogP contribution in [-0.4, -0.2) is 0 Å². The molecular formula is C72H54N2. The number of hydrogen-bond acceptors (Lipinski definition) is 2. The van der Waals surface area contributed by atoms with Gasteiger partial charge in [0, 0.05) is 34.1 Å². The third-order valence-electron chi connectivity index (χ3n) is 13.6. The van der Waals surface area contributed by atoms with Gasteiger partial charge in [-0.15, -0.1) is 0 Å². The molecule has 0 aliphatic carbocycles. The van der Waals surface area contributed by atoms with Crippen LogP contribution in [0.15, 0.2) is 317 Å². The second-order valence-electron chi connectivity index (χ2n) is 18.3. The summed E-state index contributed by atoms with van der Waals surface area (Å²) in [5, 5.41) is 0. The number of nitrogens with zero attached hydrogens (tertiary/aromatic N) is 2. The molecule has 0 saturated carbocycles. The molecule has 0 amide bonds. The van der Waals surface area contributed by atoms with Crippen molar-refractivity contribution in [3.63, 3.8) is 0 Å². The molecule has 0 aliphatic heterocycles. The predicted molar refractivity (Wildman–Crippen MR) is 317 cm³/mol. The van der Waals surface area contributed by atoms with Crippen LogP contribution >= 0.6 is 0 Å². The Labute approximate surface area is 436 Å². The Kier molecular flexibility index (Phi) is 13.7. The van der Waals surface area contributed by atoms with Gasteiger partial charge in [0.1, 0.15) is 0 Å². The van der Waals surface area contributed by atoms with Crippen LogP contribution in [0.2, 0.25) is 0 Å². The summed E-state index contributed by atoms with van der Waals surface area (Å²) in [6.07, 6.45) is 5.67. The minimum absolute atomic E-state index is 1.02. The summed E-state index contributed by atoms with van der Waals surface area (Å²) in [5.41, 5.74) is 22.5. The van der Waals surface area contributed by atoms with Gasteiger partial charge in [-0.2, -0.15) is 0 Å². The van der Waals surface area contributed by atoms with Crippen molar-refractivity contribution < 1.29 is 0 Å². The zero-order chi connectivity index (χ0) is 50.1. The molecule has 0 heterocycles. The Morgan fingerprint density at radius 1 is 0.243 bits per heavy atom. The molecule has 11 rings (SSSR count). The molecule has 0 spiro atoms. The van der Waals surface area contributed by atoms with Gasteiger partial charge in [-0.25, -0.2) is 0 Å². The maximum absolute atomic E-state index is 4.06. The number of anilines is 6. The van der Waals surface area contributed by atoms with Gasteiger partial charge in [0.05, 0.1) is 0 Å². The van der Waals surface area contributed by atoms with Crippen molar-refractivity contribution in [3.8, 4) is 66.8 Å². The smallest absolute Gasteiger partial charge is 0.0467 e. The molecule has 2 heteroatoms. The molecule has 352 valence electrons. The van der Waals surface area contributed by atoms with E-state index in [1.54, 1.807) is 6.08 Å². The molecule has 0 aromatic heterocycles. The second kappa shape index (κ2) is 21.7. The first-order valence-corrected chi connectivity index (χ1v) is 25.1. The van der Waals surface area contributed by atoms with Gasteiger partial charge in [0.15, 0.2) is 0 Å². The van der Waals surface area contributed by atoms with Gasteiger partial charge >= 0.3 is 0 Å². The Morgan fingerprint density at radius 2 is 0.527 bits per heavy atom. The van der Waals surface area contributed by atoms with Crippen molar-refractivity contribution >= 4 is 39.7 Å². The minimum atomic E-state index is 1.02. The normalized spacial score (nSPS) is 11.2. The summed E-state index contributed by atoms with van der Waals surface area (Å²) in [5.74, 6) is 0. The summed E-state index contributed by atoms with van der Waals surface area (Å²) in [7, 11) is 0. The topological polar surface area (TPSA) is 6.48 Å². The van der Waals surface area contributed by atoms with Crippen molar-refractivity contribution in [1.82, 2.24) is 0 Å². The largest absolute Gasteiger partial charge is 0.311 e. The molecule has 0 saturated heterocycles. The van der Waals surface area contributed by atoms with Gasteiger partial charge in [-0.1, -0.05) is 226 Å². The molecule has 0 atom stereocenters. The van der Waals surface area contributed by atoms with E-state index in [1.807, 2.05) is 12.2 Å². The van der Waals surface area contributed by atoms with Crippen LogP contribution in [0.4, 0.5) is 34.1 Å². The lowest BCUT2D eigenvalue weighted by Gasteiger charge is -2.27. The van der Waals surface area contributed by atoms with Gasteiger partial charge in [0.25, 0.3) is 0 Å². The van der Waals surface area contributed by atoms with E-state index in [0.717, 1.165) is 78.6 Å². The fraction of sp³-hybridized carbons (Fsp3) is 0. The third-order valence-corrected chi connectivity index (χ3v) is 13.6. The zero-order valence-corrected chi connectivity index (χ0v) is 41.2. The Morgan fingerprint density at radius 3 is 0.878 bits per heavy atom. The van der Waals surface area contributed by atoms with E-state index in [1.165, 1.54) is 33.4 Å². The van der Waals surface area contributed by atoms with Crippen molar-refractivity contribution in [2.75, 3.05) is 9.80 Å². The van der Waals surface area contributed by atoms with Crippen LogP contribution in [0, 0.1) is 0 Å². The highest BCUT2D eigenvalue weighted by Crippen LogP contribution is 2.42. The summed E-state index contributed by atoms with van der Waals surface area (Å²) >= 11 is 0. The fourth-order valence-corrected chi connectivity index (χ4v) is 9.79. The summed E-state index contributed by atoms with van der Waals surface area (Å²) < 4.78 is 0. The van der Waals surface area contributed by atoms with E-state index in [4.69, 9.17) is 0 Å². The Balaban J connectivity index is 0.976. The van der Waals surface area contributed by atoms with Gasteiger partial charge in [0.2, 0.25) is 0 Å². The minimum Gasteiger partial charge on any atom is -0.311 e. The average molecular weight is 947 g/mol. The van der Waals surface area contributed by atoms with Crippen LogP contribution in [0.5, 0.6) is 0 Å². The van der Waals surface area contributed by atoms with Crippen molar-refractivity contribution in [2.45, 2.75) is 0 Å². The molecule has 0 fully saturated rings. The zero-order valence-electron chi connectivity index (χ0n) is 41.2. The molecule has 11 aromatic carbocycles. The second-order valence-corrected chi connectivity index (χ2v) is 18.3. The standard InChI is InChI=1S/C72H54N2/c1-3-18-53(4-2)58-29-39-70(40-30-58)74(71-45-35-61(36-46-71)56-23-13-7-14-24-56)72-28-17-27-63(52-72)66-50-64(57-25-15-8-16-26-57)49-65(51-66)62-37-47-69(48-38-62)73(67-41-31-59(32-42-67)54-19-9-5-10-20-54)68-43-33-60(34-44-68)55-21-11-6-12-22-55/h3-52H,1-2H2/b53-18+. The van der Waals surface area contributed by atoms with Gasteiger partial charge < -0.3 is 9.80 Å². The van der Waals surface area contributed by atoms with Crippen LogP contribution in [0.3, 0.4) is 0 Å². The highest BCUT2D eigenvalue weighted by molar-refractivity contribution is 5.87. The van der Waals surface area contributed by atoms with Crippen molar-refractivity contribution in [3.05, 3.63) is 322 Å². The van der Waals surface area contributed by atoms with E-state index in [2.05, 4.69) is 308 Å². The first kappa shape index (κ1) is 46.6. The van der Waals surface area contributed by atoms with Crippen molar-refractivity contribution in [2.24, 2.45) is 0 Å². The average Bonchev–Trinajstić information content (AvgIpc) is 3.48. The highest BCUT2D eigenvalue weighted by Gasteiger charge is 2.18. The maximum Gasteiger partial charge on any atom is 0.0467 e. The molecule has 0 radical (unpaired) electrons. The monoisotopic (exact) mass is 946 g/mol. The van der Waals surface area contributed by atoms with E-state index in [9.17, 15) is 0 Å². The molecule has 11 aromatic rings. The number of hydrogen-bond donors (Lipinski definition) is 0. The van der Waals surface area contributed by atoms with Crippen LogP contribution in [0.25, 0.3) is 72.3 Å². The molecular weight excluding hydrogens is 893 g/mol. The number of allylic oxidation sites excluding steroid dienone is 4. The summed E-state index contributed by atoms with van der Waals surface area (Å²) in [4.78, 5) is 4.68. The van der Waals surface area contributed by atoms with Crippen LogP contribution in [-0.2, 0) is 0 Å². The highest BCUT2D eigenvalue weighted by atomic mass is 15.1. The van der Waals surface area contributed by atoms with Gasteiger partial charge in [-0.05, 0) is 169 Å². The predicted octanol–water partition coefficient (Wildman–Crippen LogP) is 20.4. The lowest BCUT2D eigenvalue weighted by Crippen LogP contribution is -2.10. The first-order valence-electron chi connectivity index (χ1n) is 25.1.